The van der Waals surface area contributed by atoms with Gasteiger partial charge < -0.3 is 15.2 Å². The highest BCUT2D eigenvalue weighted by atomic mass is 19.1. The molecular weight excluding hydrogens is 359 g/mol. The first-order valence-corrected chi connectivity index (χ1v) is 9.82. The van der Waals surface area contributed by atoms with Gasteiger partial charge in [-0.05, 0) is 56.4 Å². The van der Waals surface area contributed by atoms with Crippen molar-refractivity contribution in [1.82, 2.24) is 10.3 Å². The van der Waals surface area contributed by atoms with Crippen molar-refractivity contribution >= 4 is 5.91 Å². The number of amides is 1. The standard InChI is InChI=1S/C22H27FN2O3/c1-2-12-28-15-22(27)10-8-19(9-11-22)25-21(26)17-6-7-20(24-14-17)16-4-3-5-18(23)13-16/h3-7,13-14,19,27H,2,8-12,15H2,1H3,(H,25,26). The maximum absolute atomic E-state index is 13.3. The summed E-state index contributed by atoms with van der Waals surface area (Å²) < 4.78 is 18.8. The molecule has 0 aliphatic heterocycles. The average Bonchev–Trinajstić information content (AvgIpc) is 2.70. The van der Waals surface area contributed by atoms with Crippen LogP contribution in [0.1, 0.15) is 49.4 Å². The SMILES string of the molecule is CCCOCC1(O)CCC(NC(=O)c2ccc(-c3cccc(F)c3)nc2)CC1. The molecule has 1 aromatic carbocycles. The summed E-state index contributed by atoms with van der Waals surface area (Å²) in [7, 11) is 0. The smallest absolute Gasteiger partial charge is 0.253 e. The number of halogens is 1. The molecule has 1 fully saturated rings. The van der Waals surface area contributed by atoms with Crippen molar-refractivity contribution in [2.75, 3.05) is 13.2 Å². The lowest BCUT2D eigenvalue weighted by Crippen LogP contribution is -2.45. The van der Waals surface area contributed by atoms with Gasteiger partial charge in [0.15, 0.2) is 0 Å². The topological polar surface area (TPSA) is 71.5 Å². The fourth-order valence-corrected chi connectivity index (χ4v) is 3.47. The number of ether oxygens (including phenoxy) is 1. The number of carbonyl (C=O) groups excluding carboxylic acids is 1. The van der Waals surface area contributed by atoms with Crippen molar-refractivity contribution in [2.45, 2.75) is 50.7 Å². The number of nitrogens with one attached hydrogen (secondary N) is 1. The quantitative estimate of drug-likeness (QED) is 0.712. The summed E-state index contributed by atoms with van der Waals surface area (Å²) >= 11 is 0. The predicted molar refractivity (Wildman–Crippen MR) is 105 cm³/mol. The van der Waals surface area contributed by atoms with E-state index in [1.165, 1.54) is 18.3 Å². The number of aliphatic hydroxyl groups is 1. The predicted octanol–water partition coefficient (Wildman–Crippen LogP) is 3.72. The molecule has 150 valence electrons. The first kappa shape index (κ1) is 20.4. The lowest BCUT2D eigenvalue weighted by atomic mass is 9.82. The molecule has 0 bridgehead atoms. The number of benzene rings is 1. The van der Waals surface area contributed by atoms with E-state index in [0.717, 1.165) is 6.42 Å². The van der Waals surface area contributed by atoms with Gasteiger partial charge in [0, 0.05) is 24.4 Å². The van der Waals surface area contributed by atoms with Crippen LogP contribution in [0.4, 0.5) is 4.39 Å². The van der Waals surface area contributed by atoms with Crippen molar-refractivity contribution in [3.05, 3.63) is 54.0 Å². The van der Waals surface area contributed by atoms with Crippen molar-refractivity contribution in [2.24, 2.45) is 0 Å². The minimum atomic E-state index is -0.787. The Morgan fingerprint density at radius 1 is 1.32 bits per heavy atom. The number of carbonyl (C=O) groups is 1. The van der Waals surface area contributed by atoms with E-state index in [4.69, 9.17) is 4.74 Å². The monoisotopic (exact) mass is 386 g/mol. The Morgan fingerprint density at radius 2 is 2.11 bits per heavy atom. The number of pyridine rings is 1. The second-order valence-corrected chi connectivity index (χ2v) is 7.47. The molecule has 1 saturated carbocycles. The van der Waals surface area contributed by atoms with E-state index in [1.807, 2.05) is 6.92 Å². The number of nitrogens with zero attached hydrogens (tertiary/aromatic N) is 1. The Labute approximate surface area is 165 Å². The lowest BCUT2D eigenvalue weighted by Gasteiger charge is -2.36. The number of rotatable bonds is 7. The Bertz CT molecular complexity index is 787. The number of hydrogen-bond donors (Lipinski definition) is 2. The summed E-state index contributed by atoms with van der Waals surface area (Å²) in [4.78, 5) is 16.8. The van der Waals surface area contributed by atoms with E-state index in [1.54, 1.807) is 24.3 Å². The highest BCUT2D eigenvalue weighted by molar-refractivity contribution is 5.94. The van der Waals surface area contributed by atoms with E-state index in [9.17, 15) is 14.3 Å². The first-order valence-electron chi connectivity index (χ1n) is 9.82. The van der Waals surface area contributed by atoms with Crippen LogP contribution in [0.2, 0.25) is 0 Å². The maximum atomic E-state index is 13.3. The molecule has 2 N–H and O–H groups in total. The second kappa shape index (κ2) is 9.26. The summed E-state index contributed by atoms with van der Waals surface area (Å²) in [6, 6.07) is 9.64. The normalized spacial score (nSPS) is 22.0. The van der Waals surface area contributed by atoms with Crippen molar-refractivity contribution in [1.29, 1.82) is 0 Å². The zero-order valence-corrected chi connectivity index (χ0v) is 16.2. The number of aromatic nitrogens is 1. The van der Waals surface area contributed by atoms with Crippen LogP contribution in [0.3, 0.4) is 0 Å². The van der Waals surface area contributed by atoms with Crippen molar-refractivity contribution in [3.8, 4) is 11.3 Å². The Hall–Kier alpha value is -2.31. The molecule has 0 saturated heterocycles. The molecule has 1 aromatic heterocycles. The molecule has 3 rings (SSSR count). The zero-order valence-electron chi connectivity index (χ0n) is 16.2. The van der Waals surface area contributed by atoms with E-state index >= 15 is 0 Å². The molecule has 1 aliphatic rings. The van der Waals surface area contributed by atoms with Crippen LogP contribution in [0, 0.1) is 5.82 Å². The van der Waals surface area contributed by atoms with E-state index < -0.39 is 5.60 Å². The molecule has 1 heterocycles. The molecule has 1 amide bonds. The highest BCUT2D eigenvalue weighted by Gasteiger charge is 2.34. The van der Waals surface area contributed by atoms with Gasteiger partial charge in [-0.25, -0.2) is 4.39 Å². The molecule has 5 nitrogen and oxygen atoms in total. The maximum Gasteiger partial charge on any atom is 0.253 e. The third kappa shape index (κ3) is 5.36. The molecule has 2 aromatic rings. The van der Waals surface area contributed by atoms with Crippen LogP contribution < -0.4 is 5.32 Å². The lowest BCUT2D eigenvalue weighted by molar-refractivity contribution is -0.0717. The Balaban J connectivity index is 1.53. The fraction of sp³-hybridized carbons (Fsp3) is 0.455. The van der Waals surface area contributed by atoms with Gasteiger partial charge >= 0.3 is 0 Å². The van der Waals surface area contributed by atoms with E-state index in [2.05, 4.69) is 10.3 Å². The van der Waals surface area contributed by atoms with Gasteiger partial charge in [0.1, 0.15) is 5.82 Å². The van der Waals surface area contributed by atoms with Crippen LogP contribution in [-0.4, -0.2) is 40.9 Å². The summed E-state index contributed by atoms with van der Waals surface area (Å²) in [5, 5.41) is 13.6. The third-order valence-electron chi connectivity index (χ3n) is 5.12. The molecule has 0 unspecified atom stereocenters. The van der Waals surface area contributed by atoms with E-state index in [0.29, 0.717) is 55.7 Å². The van der Waals surface area contributed by atoms with Crippen molar-refractivity contribution < 1.29 is 19.0 Å². The van der Waals surface area contributed by atoms with Crippen LogP contribution in [-0.2, 0) is 4.74 Å². The summed E-state index contributed by atoms with van der Waals surface area (Å²) in [5.74, 6) is -0.505. The minimum absolute atomic E-state index is 0.0295. The van der Waals surface area contributed by atoms with Crippen LogP contribution in [0.5, 0.6) is 0 Å². The second-order valence-electron chi connectivity index (χ2n) is 7.47. The van der Waals surface area contributed by atoms with Gasteiger partial charge in [0.25, 0.3) is 5.91 Å². The zero-order chi connectivity index (χ0) is 20.0. The molecular formula is C22H27FN2O3. The van der Waals surface area contributed by atoms with Crippen LogP contribution in [0.25, 0.3) is 11.3 Å². The van der Waals surface area contributed by atoms with Crippen molar-refractivity contribution in [3.63, 3.8) is 0 Å². The van der Waals surface area contributed by atoms with Gasteiger partial charge in [-0.2, -0.15) is 0 Å². The van der Waals surface area contributed by atoms with E-state index in [-0.39, 0.29) is 17.8 Å². The van der Waals surface area contributed by atoms with Gasteiger partial charge in [-0.15, -0.1) is 0 Å². The van der Waals surface area contributed by atoms with Gasteiger partial charge in [0.05, 0.1) is 23.5 Å². The van der Waals surface area contributed by atoms with Gasteiger partial charge in [0.2, 0.25) is 0 Å². The molecule has 1 aliphatic carbocycles. The molecule has 0 atom stereocenters. The number of hydrogen-bond acceptors (Lipinski definition) is 4. The molecule has 0 radical (unpaired) electrons. The van der Waals surface area contributed by atoms with Crippen LogP contribution >= 0.6 is 0 Å². The Kier molecular flexibility index (Phi) is 6.75. The summed E-state index contributed by atoms with van der Waals surface area (Å²) in [6.07, 6.45) is 5.09. The first-order chi connectivity index (χ1) is 13.5. The van der Waals surface area contributed by atoms with Gasteiger partial charge in [-0.1, -0.05) is 19.1 Å². The third-order valence-corrected chi connectivity index (χ3v) is 5.12. The largest absolute Gasteiger partial charge is 0.387 e. The van der Waals surface area contributed by atoms with Crippen LogP contribution in [0.15, 0.2) is 42.6 Å². The minimum Gasteiger partial charge on any atom is -0.387 e. The summed E-state index contributed by atoms with van der Waals surface area (Å²) in [6.45, 7) is 3.05. The molecule has 28 heavy (non-hydrogen) atoms. The molecule has 0 spiro atoms. The fourth-order valence-electron chi connectivity index (χ4n) is 3.47. The summed E-state index contributed by atoms with van der Waals surface area (Å²) in [5.41, 5.74) is 0.965. The highest BCUT2D eigenvalue weighted by Crippen LogP contribution is 2.29. The van der Waals surface area contributed by atoms with Gasteiger partial charge in [-0.3, -0.25) is 9.78 Å². The average molecular weight is 386 g/mol. The molecule has 6 heteroatoms. The Morgan fingerprint density at radius 3 is 2.75 bits per heavy atom.